The van der Waals surface area contributed by atoms with Gasteiger partial charge in [-0.1, -0.05) is 26.0 Å². The number of anilines is 1. The quantitative estimate of drug-likeness (QED) is 0.826. The van der Waals surface area contributed by atoms with E-state index in [1.807, 2.05) is 13.8 Å². The second-order valence-corrected chi connectivity index (χ2v) is 7.85. The van der Waals surface area contributed by atoms with Gasteiger partial charge in [0.15, 0.2) is 0 Å². The van der Waals surface area contributed by atoms with Gasteiger partial charge in [-0.25, -0.2) is 12.8 Å². The Morgan fingerprint density at radius 1 is 1.16 bits per heavy atom. The van der Waals surface area contributed by atoms with Gasteiger partial charge in [0.2, 0.25) is 0 Å². The molecule has 0 spiro atoms. The van der Waals surface area contributed by atoms with Crippen molar-refractivity contribution < 1.29 is 17.6 Å². The fraction of sp³-hybridized carbons (Fsp3) is 0.278. The molecule has 0 fully saturated rings. The lowest BCUT2D eigenvalue weighted by Gasteiger charge is -2.14. The Hall–Kier alpha value is -2.41. The molecule has 0 aromatic heterocycles. The average Bonchev–Trinajstić information content (AvgIpc) is 2.55. The van der Waals surface area contributed by atoms with Crippen molar-refractivity contribution in [2.24, 2.45) is 5.92 Å². The predicted molar refractivity (Wildman–Crippen MR) is 95.6 cm³/mol. The zero-order chi connectivity index (χ0) is 18.6. The van der Waals surface area contributed by atoms with Gasteiger partial charge in [-0.3, -0.25) is 9.52 Å². The normalized spacial score (nSPS) is 11.4. The molecule has 0 aliphatic carbocycles. The molecule has 2 aromatic carbocycles. The second kappa shape index (κ2) is 7.65. The molecule has 0 unspecified atom stereocenters. The standard InChI is InChI=1S/C18H21FN2O3S/c1-12(2)11-20-18(22)15-6-4-5-7-17(15)21-25(23,24)14-8-9-16(19)13(3)10-14/h4-10,12,21H,11H2,1-3H3,(H,20,22). The van der Waals surface area contributed by atoms with Gasteiger partial charge in [0, 0.05) is 6.54 Å². The Bertz CT molecular complexity index is 880. The minimum atomic E-state index is -3.94. The number of amides is 1. The molecule has 7 heteroatoms. The number of rotatable bonds is 6. The summed E-state index contributed by atoms with van der Waals surface area (Å²) in [5.74, 6) is -0.565. The monoisotopic (exact) mass is 364 g/mol. The summed E-state index contributed by atoms with van der Waals surface area (Å²) >= 11 is 0. The molecule has 0 aliphatic heterocycles. The molecule has 5 nitrogen and oxygen atoms in total. The molecular formula is C18H21FN2O3S. The zero-order valence-electron chi connectivity index (χ0n) is 14.3. The summed E-state index contributed by atoms with van der Waals surface area (Å²) in [4.78, 5) is 12.2. The summed E-state index contributed by atoms with van der Waals surface area (Å²) in [5, 5.41) is 2.76. The van der Waals surface area contributed by atoms with Gasteiger partial charge < -0.3 is 5.32 Å². The first-order valence-electron chi connectivity index (χ1n) is 7.87. The zero-order valence-corrected chi connectivity index (χ0v) is 15.2. The molecule has 134 valence electrons. The molecule has 1 amide bonds. The van der Waals surface area contributed by atoms with Crippen LogP contribution < -0.4 is 10.0 Å². The second-order valence-electron chi connectivity index (χ2n) is 6.17. The van der Waals surface area contributed by atoms with Gasteiger partial charge in [-0.15, -0.1) is 0 Å². The highest BCUT2D eigenvalue weighted by molar-refractivity contribution is 7.92. The summed E-state index contributed by atoms with van der Waals surface area (Å²) in [6.07, 6.45) is 0. The molecule has 0 atom stereocenters. The van der Waals surface area contributed by atoms with Crippen molar-refractivity contribution in [2.45, 2.75) is 25.7 Å². The maximum atomic E-state index is 13.4. The van der Waals surface area contributed by atoms with E-state index in [0.717, 1.165) is 6.07 Å². The summed E-state index contributed by atoms with van der Waals surface area (Å²) in [5.41, 5.74) is 0.627. The first-order chi connectivity index (χ1) is 11.7. The van der Waals surface area contributed by atoms with Crippen LogP contribution >= 0.6 is 0 Å². The van der Waals surface area contributed by atoms with Crippen LogP contribution in [0.15, 0.2) is 47.4 Å². The molecule has 0 saturated heterocycles. The van der Waals surface area contributed by atoms with E-state index >= 15 is 0 Å². The molecule has 2 N–H and O–H groups in total. The minimum absolute atomic E-state index is 0.0659. The number of halogens is 1. The first-order valence-corrected chi connectivity index (χ1v) is 9.35. The average molecular weight is 364 g/mol. The molecule has 2 rings (SSSR count). The number of benzene rings is 2. The summed E-state index contributed by atoms with van der Waals surface area (Å²) in [6, 6.07) is 9.88. The number of sulfonamides is 1. The highest BCUT2D eigenvalue weighted by atomic mass is 32.2. The van der Waals surface area contributed by atoms with E-state index in [-0.39, 0.29) is 33.5 Å². The molecule has 0 heterocycles. The van der Waals surface area contributed by atoms with E-state index < -0.39 is 15.8 Å². The molecule has 2 aromatic rings. The highest BCUT2D eigenvalue weighted by Crippen LogP contribution is 2.21. The minimum Gasteiger partial charge on any atom is -0.352 e. The Balaban J connectivity index is 2.30. The molecule has 0 saturated carbocycles. The third kappa shape index (κ3) is 4.79. The molecule has 0 radical (unpaired) electrons. The summed E-state index contributed by atoms with van der Waals surface area (Å²) in [6.45, 7) is 5.90. The maximum absolute atomic E-state index is 13.4. The van der Waals surface area contributed by atoms with Crippen molar-refractivity contribution in [3.8, 4) is 0 Å². The SMILES string of the molecule is Cc1cc(S(=O)(=O)Nc2ccccc2C(=O)NCC(C)C)ccc1F. The van der Waals surface area contributed by atoms with Gasteiger partial charge in [0.25, 0.3) is 15.9 Å². The predicted octanol–water partition coefficient (Wildman–Crippen LogP) is 3.32. The lowest BCUT2D eigenvalue weighted by molar-refractivity contribution is 0.0950. The van der Waals surface area contributed by atoms with Crippen LogP contribution in [-0.4, -0.2) is 20.9 Å². The van der Waals surface area contributed by atoms with E-state index in [2.05, 4.69) is 10.0 Å². The highest BCUT2D eigenvalue weighted by Gasteiger charge is 2.19. The molecule has 25 heavy (non-hydrogen) atoms. The first kappa shape index (κ1) is 18.9. The van der Waals surface area contributed by atoms with Crippen LogP contribution in [0, 0.1) is 18.7 Å². The van der Waals surface area contributed by atoms with Gasteiger partial charge in [-0.05, 0) is 48.7 Å². The topological polar surface area (TPSA) is 75.3 Å². The maximum Gasteiger partial charge on any atom is 0.261 e. The van der Waals surface area contributed by atoms with Crippen molar-refractivity contribution in [1.29, 1.82) is 0 Å². The van der Waals surface area contributed by atoms with Crippen LogP contribution in [0.5, 0.6) is 0 Å². The number of carbonyl (C=O) groups excluding carboxylic acids is 1. The Labute approximate surface area is 147 Å². The van der Waals surface area contributed by atoms with Crippen LogP contribution in [0.3, 0.4) is 0 Å². The third-order valence-corrected chi connectivity index (χ3v) is 4.89. The van der Waals surface area contributed by atoms with Crippen molar-refractivity contribution in [3.63, 3.8) is 0 Å². The van der Waals surface area contributed by atoms with Crippen molar-refractivity contribution in [2.75, 3.05) is 11.3 Å². The van der Waals surface area contributed by atoms with Crippen LogP contribution in [-0.2, 0) is 10.0 Å². The Morgan fingerprint density at radius 2 is 1.84 bits per heavy atom. The fourth-order valence-electron chi connectivity index (χ4n) is 2.15. The molecule has 0 bridgehead atoms. The van der Waals surface area contributed by atoms with E-state index in [4.69, 9.17) is 0 Å². The smallest absolute Gasteiger partial charge is 0.261 e. The van der Waals surface area contributed by atoms with Crippen LogP contribution in [0.1, 0.15) is 29.8 Å². The van der Waals surface area contributed by atoms with Gasteiger partial charge >= 0.3 is 0 Å². The lowest BCUT2D eigenvalue weighted by atomic mass is 10.1. The van der Waals surface area contributed by atoms with E-state index in [0.29, 0.717) is 6.54 Å². The summed E-state index contributed by atoms with van der Waals surface area (Å²) in [7, 11) is -3.94. The molecular weight excluding hydrogens is 343 g/mol. The van der Waals surface area contributed by atoms with Crippen LogP contribution in [0.4, 0.5) is 10.1 Å². The van der Waals surface area contributed by atoms with Crippen LogP contribution in [0.2, 0.25) is 0 Å². The van der Waals surface area contributed by atoms with E-state index in [1.54, 1.807) is 18.2 Å². The van der Waals surface area contributed by atoms with Crippen molar-refractivity contribution >= 4 is 21.6 Å². The van der Waals surface area contributed by atoms with Crippen molar-refractivity contribution in [3.05, 3.63) is 59.4 Å². The third-order valence-electron chi connectivity index (χ3n) is 3.53. The van der Waals surface area contributed by atoms with E-state index in [9.17, 15) is 17.6 Å². The fourth-order valence-corrected chi connectivity index (χ4v) is 3.31. The van der Waals surface area contributed by atoms with Gasteiger partial charge in [0.05, 0.1) is 16.1 Å². The lowest BCUT2D eigenvalue weighted by Crippen LogP contribution is -2.28. The number of carbonyl (C=O) groups is 1. The van der Waals surface area contributed by atoms with Crippen molar-refractivity contribution in [1.82, 2.24) is 5.32 Å². The number of aryl methyl sites for hydroxylation is 1. The number of hydrogen-bond donors (Lipinski definition) is 2. The number of nitrogens with one attached hydrogen (secondary N) is 2. The number of hydrogen-bond acceptors (Lipinski definition) is 3. The number of para-hydroxylation sites is 1. The Kier molecular flexibility index (Phi) is 5.79. The van der Waals surface area contributed by atoms with Gasteiger partial charge in [-0.2, -0.15) is 0 Å². The van der Waals surface area contributed by atoms with Gasteiger partial charge in [0.1, 0.15) is 5.82 Å². The summed E-state index contributed by atoms with van der Waals surface area (Å²) < 4.78 is 40.9. The van der Waals surface area contributed by atoms with Crippen LogP contribution in [0.25, 0.3) is 0 Å². The molecule has 0 aliphatic rings. The largest absolute Gasteiger partial charge is 0.352 e. The van der Waals surface area contributed by atoms with E-state index in [1.165, 1.54) is 25.1 Å². The Morgan fingerprint density at radius 3 is 2.48 bits per heavy atom.